The molecule has 1 aromatic heterocycles. The lowest BCUT2D eigenvalue weighted by Gasteiger charge is -2.07. The molecule has 2 heterocycles. The molecule has 4 rings (SSSR count). The Labute approximate surface area is 203 Å². The van der Waals surface area contributed by atoms with E-state index >= 15 is 0 Å². The van der Waals surface area contributed by atoms with Gasteiger partial charge in [-0.1, -0.05) is 24.6 Å². The second-order valence-corrected chi connectivity index (χ2v) is 9.63. The van der Waals surface area contributed by atoms with Crippen molar-refractivity contribution in [1.82, 2.24) is 15.0 Å². The van der Waals surface area contributed by atoms with E-state index in [4.69, 9.17) is 4.74 Å². The Bertz CT molecular complexity index is 1310. The number of sulfonamides is 1. The standard InChI is InChI=1S/C25H25FN4O4S/c26-19-10-12-20(13-11-19)34-24-14-9-18(17-29-24)16-28-23(31)8-2-1-5-15-27-25-21-6-3-4-7-22(21)35(32,33)30-25/h3-4,6-7,9-14,17H,1-2,5,8,15-16H2,(H,27,30)(H,28,31). The normalized spacial score (nSPS) is 14.8. The average molecular weight is 497 g/mol. The van der Waals surface area contributed by atoms with Crippen LogP contribution in [0.4, 0.5) is 4.39 Å². The fraction of sp³-hybridized carbons (Fsp3) is 0.240. The number of amides is 1. The van der Waals surface area contributed by atoms with Gasteiger partial charge in [-0.15, -0.1) is 0 Å². The maximum Gasteiger partial charge on any atom is 0.263 e. The van der Waals surface area contributed by atoms with Crippen molar-refractivity contribution >= 4 is 21.8 Å². The summed E-state index contributed by atoms with van der Waals surface area (Å²) in [5.74, 6) is 0.849. The zero-order valence-electron chi connectivity index (χ0n) is 18.9. The van der Waals surface area contributed by atoms with E-state index < -0.39 is 10.0 Å². The Morgan fingerprint density at radius 1 is 1.03 bits per heavy atom. The largest absolute Gasteiger partial charge is 0.439 e. The molecule has 0 radical (unpaired) electrons. The van der Waals surface area contributed by atoms with Crippen LogP contribution in [0.25, 0.3) is 0 Å². The third-order valence-corrected chi connectivity index (χ3v) is 6.72. The Hall–Kier alpha value is -3.79. The molecule has 8 nitrogen and oxygen atoms in total. The van der Waals surface area contributed by atoms with Gasteiger partial charge in [-0.25, -0.2) is 17.8 Å². The van der Waals surface area contributed by atoms with Gasteiger partial charge in [-0.3, -0.25) is 14.5 Å². The summed E-state index contributed by atoms with van der Waals surface area (Å²) in [6.07, 6.45) is 4.27. The van der Waals surface area contributed by atoms with Gasteiger partial charge in [-0.05, 0) is 54.8 Å². The first-order chi connectivity index (χ1) is 16.9. The topological polar surface area (TPSA) is 110 Å². The minimum Gasteiger partial charge on any atom is -0.439 e. The van der Waals surface area contributed by atoms with Gasteiger partial charge in [0.15, 0.2) is 0 Å². The number of fused-ring (bicyclic) bond motifs is 1. The minimum absolute atomic E-state index is 0.0552. The second-order valence-electron chi connectivity index (χ2n) is 7.98. The summed E-state index contributed by atoms with van der Waals surface area (Å²) in [4.78, 5) is 20.9. The van der Waals surface area contributed by atoms with E-state index in [0.717, 1.165) is 18.4 Å². The number of aliphatic imine (C=N–C) groups is 1. The van der Waals surface area contributed by atoms with Crippen LogP contribution in [0.3, 0.4) is 0 Å². The number of amidine groups is 1. The average Bonchev–Trinajstić information content (AvgIpc) is 3.12. The summed E-state index contributed by atoms with van der Waals surface area (Å²) >= 11 is 0. The predicted octanol–water partition coefficient (Wildman–Crippen LogP) is 3.93. The van der Waals surface area contributed by atoms with Crippen LogP contribution in [0.15, 0.2) is 76.7 Å². The summed E-state index contributed by atoms with van der Waals surface area (Å²) in [6, 6.07) is 15.9. The Morgan fingerprint density at radius 3 is 2.60 bits per heavy atom. The van der Waals surface area contributed by atoms with Crippen molar-refractivity contribution in [2.75, 3.05) is 6.54 Å². The van der Waals surface area contributed by atoms with E-state index in [1.807, 2.05) is 0 Å². The summed E-state index contributed by atoms with van der Waals surface area (Å²) in [5.41, 5.74) is 1.43. The van der Waals surface area contributed by atoms with Gasteiger partial charge in [0.1, 0.15) is 17.4 Å². The smallest absolute Gasteiger partial charge is 0.263 e. The van der Waals surface area contributed by atoms with Gasteiger partial charge in [0.25, 0.3) is 10.0 Å². The second kappa shape index (κ2) is 11.1. The molecule has 0 bridgehead atoms. The molecule has 0 aliphatic carbocycles. The number of pyridine rings is 1. The molecule has 1 aliphatic heterocycles. The summed E-state index contributed by atoms with van der Waals surface area (Å²) in [5, 5.41) is 2.86. The van der Waals surface area contributed by atoms with E-state index in [2.05, 4.69) is 20.0 Å². The van der Waals surface area contributed by atoms with Gasteiger partial charge >= 0.3 is 0 Å². The number of hydrogen-bond acceptors (Lipinski definition) is 6. The number of rotatable bonds is 10. The monoisotopic (exact) mass is 496 g/mol. The molecule has 0 saturated carbocycles. The highest BCUT2D eigenvalue weighted by molar-refractivity contribution is 7.90. The van der Waals surface area contributed by atoms with Crippen LogP contribution in [-0.2, 0) is 21.4 Å². The first-order valence-corrected chi connectivity index (χ1v) is 12.7. The fourth-order valence-corrected chi connectivity index (χ4v) is 4.76. The molecule has 0 spiro atoms. The molecule has 3 aromatic rings. The maximum atomic E-state index is 13.0. The highest BCUT2D eigenvalue weighted by Gasteiger charge is 2.29. The Kier molecular flexibility index (Phi) is 7.71. The summed E-state index contributed by atoms with van der Waals surface area (Å²) in [7, 11) is -3.52. The third kappa shape index (κ3) is 6.63. The number of ether oxygens (including phenoxy) is 1. The molecule has 10 heteroatoms. The van der Waals surface area contributed by atoms with Crippen LogP contribution in [0.2, 0.25) is 0 Å². The van der Waals surface area contributed by atoms with Gasteiger partial charge < -0.3 is 10.1 Å². The van der Waals surface area contributed by atoms with E-state index in [1.54, 1.807) is 42.6 Å². The predicted molar refractivity (Wildman–Crippen MR) is 129 cm³/mol. The molecule has 0 saturated heterocycles. The molecule has 0 fully saturated rings. The van der Waals surface area contributed by atoms with E-state index in [0.29, 0.717) is 49.0 Å². The van der Waals surface area contributed by atoms with E-state index in [1.165, 1.54) is 24.3 Å². The van der Waals surface area contributed by atoms with Crippen molar-refractivity contribution in [3.8, 4) is 11.6 Å². The molecule has 1 aliphatic rings. The molecule has 1 amide bonds. The van der Waals surface area contributed by atoms with Gasteiger partial charge in [0, 0.05) is 37.3 Å². The number of halogens is 1. The number of unbranched alkanes of at least 4 members (excludes halogenated alkanes) is 2. The Balaban J connectivity index is 1.13. The molecule has 2 aromatic carbocycles. The minimum atomic E-state index is -3.52. The van der Waals surface area contributed by atoms with Crippen LogP contribution in [0.5, 0.6) is 11.6 Å². The van der Waals surface area contributed by atoms with Crippen LogP contribution in [-0.4, -0.2) is 31.7 Å². The van der Waals surface area contributed by atoms with E-state index in [9.17, 15) is 17.6 Å². The van der Waals surface area contributed by atoms with Crippen LogP contribution in [0.1, 0.15) is 36.8 Å². The van der Waals surface area contributed by atoms with Crippen LogP contribution >= 0.6 is 0 Å². The van der Waals surface area contributed by atoms with Crippen molar-refractivity contribution in [1.29, 1.82) is 0 Å². The molecular weight excluding hydrogens is 471 g/mol. The first kappa shape index (κ1) is 24.3. The fourth-order valence-electron chi connectivity index (χ4n) is 3.50. The van der Waals surface area contributed by atoms with Gasteiger partial charge in [0.05, 0.1) is 4.90 Å². The highest BCUT2D eigenvalue weighted by Crippen LogP contribution is 2.22. The van der Waals surface area contributed by atoms with Gasteiger partial charge in [-0.2, -0.15) is 0 Å². The maximum absolute atomic E-state index is 13.0. The van der Waals surface area contributed by atoms with Crippen LogP contribution < -0.4 is 14.8 Å². The lowest BCUT2D eigenvalue weighted by Crippen LogP contribution is -2.22. The van der Waals surface area contributed by atoms with E-state index in [-0.39, 0.29) is 16.6 Å². The number of nitrogens with zero attached hydrogens (tertiary/aromatic N) is 2. The highest BCUT2D eigenvalue weighted by atomic mass is 32.2. The number of carbonyl (C=O) groups excluding carboxylic acids is 1. The van der Waals surface area contributed by atoms with Crippen LogP contribution in [0, 0.1) is 5.82 Å². The number of hydrogen-bond donors (Lipinski definition) is 2. The quantitative estimate of drug-likeness (QED) is 0.414. The molecule has 2 N–H and O–H groups in total. The third-order valence-electron chi connectivity index (χ3n) is 5.32. The van der Waals surface area contributed by atoms with Crippen molar-refractivity contribution in [3.05, 3.63) is 83.8 Å². The van der Waals surface area contributed by atoms with Crippen molar-refractivity contribution in [3.63, 3.8) is 0 Å². The molecule has 182 valence electrons. The van der Waals surface area contributed by atoms with Crippen molar-refractivity contribution in [2.24, 2.45) is 4.99 Å². The molecule has 0 unspecified atom stereocenters. The van der Waals surface area contributed by atoms with Gasteiger partial charge in [0.2, 0.25) is 11.8 Å². The zero-order valence-corrected chi connectivity index (χ0v) is 19.7. The van der Waals surface area contributed by atoms with Crippen molar-refractivity contribution in [2.45, 2.75) is 37.1 Å². The number of nitrogens with one attached hydrogen (secondary N) is 2. The number of benzene rings is 2. The molecule has 0 atom stereocenters. The Morgan fingerprint density at radius 2 is 1.83 bits per heavy atom. The molecular formula is C25H25FN4O4S. The lowest BCUT2D eigenvalue weighted by atomic mass is 10.2. The summed E-state index contributed by atoms with van der Waals surface area (Å²) < 4.78 is 45.2. The zero-order chi connectivity index (χ0) is 24.7. The number of carbonyl (C=O) groups is 1. The molecule has 35 heavy (non-hydrogen) atoms. The lowest BCUT2D eigenvalue weighted by molar-refractivity contribution is -0.121. The SMILES string of the molecule is O=C(CCCCCN=C1NS(=O)(=O)c2ccccc21)NCc1ccc(Oc2ccc(F)cc2)nc1. The first-order valence-electron chi connectivity index (χ1n) is 11.2. The number of aromatic nitrogens is 1. The summed E-state index contributed by atoms with van der Waals surface area (Å²) in [6.45, 7) is 0.835. The van der Waals surface area contributed by atoms with Crippen molar-refractivity contribution < 1.29 is 22.3 Å².